The molecule has 0 aliphatic carbocycles. The van der Waals surface area contributed by atoms with Crippen LogP contribution in [0.25, 0.3) is 0 Å². The maximum Gasteiger partial charge on any atom is 0.416 e. The van der Waals surface area contributed by atoms with Crippen molar-refractivity contribution in [1.29, 1.82) is 0 Å². The predicted octanol–water partition coefficient (Wildman–Crippen LogP) is 3.54. The molecular weight excluding hydrogens is 397 g/mol. The molecule has 1 N–H and O–H groups in total. The van der Waals surface area contributed by atoms with Gasteiger partial charge in [-0.05, 0) is 45.2 Å². The Morgan fingerprint density at radius 1 is 1.29 bits per heavy atom. The van der Waals surface area contributed by atoms with Crippen molar-refractivity contribution in [3.8, 4) is 0 Å². The van der Waals surface area contributed by atoms with Gasteiger partial charge < -0.3 is 10.1 Å². The number of aryl methyl sites for hydroxylation is 1. The number of hydrogen-bond donors (Lipinski definition) is 1. The molecule has 2 atom stereocenters. The van der Waals surface area contributed by atoms with Crippen molar-refractivity contribution < 1.29 is 31.7 Å². The maximum atomic E-state index is 13.1. The molecule has 1 heterocycles. The monoisotopic (exact) mass is 420 g/mol. The molecule has 1 aliphatic rings. The van der Waals surface area contributed by atoms with E-state index in [0.717, 1.165) is 6.07 Å². The van der Waals surface area contributed by atoms with Gasteiger partial charge in [-0.3, -0.25) is 4.79 Å². The zero-order chi connectivity index (χ0) is 21.2. The summed E-state index contributed by atoms with van der Waals surface area (Å²) in [6, 6.07) is 4.09. The lowest BCUT2D eigenvalue weighted by atomic mass is 10.1. The summed E-state index contributed by atoms with van der Waals surface area (Å²) in [5.41, 5.74) is -1.52. The first-order valence-corrected chi connectivity index (χ1v) is 10.6. The van der Waals surface area contributed by atoms with E-state index in [4.69, 9.17) is 4.74 Å². The van der Waals surface area contributed by atoms with Gasteiger partial charge in [0.2, 0.25) is 0 Å². The minimum Gasteiger partial charge on any atom is -0.444 e. The van der Waals surface area contributed by atoms with Crippen molar-refractivity contribution >= 4 is 21.7 Å². The van der Waals surface area contributed by atoms with Crippen LogP contribution in [-0.2, 0) is 31.9 Å². The normalized spacial score (nSPS) is 23.1. The zero-order valence-electron chi connectivity index (χ0n) is 15.8. The molecule has 156 valence electrons. The molecule has 0 fully saturated rings. The van der Waals surface area contributed by atoms with Crippen molar-refractivity contribution in [3.05, 3.63) is 35.4 Å². The standard InChI is InChI=1S/C18H23F3N2O4S/c1-17(2,3)27-16(25)22-14-9-11-28(26,23-15(14)24)10-8-12-6-4-5-7-13(12)18(19,20)21/h4-7,14H,8-11H2,1-3H3,(H,22,25). The lowest BCUT2D eigenvalue weighted by molar-refractivity contribution is -0.138. The molecule has 1 aliphatic heterocycles. The number of hydrogen-bond acceptors (Lipinski definition) is 4. The summed E-state index contributed by atoms with van der Waals surface area (Å²) in [7, 11) is -2.99. The number of carbonyl (C=O) groups is 2. The molecular formula is C18H23F3N2O4S. The molecule has 0 saturated carbocycles. The number of halogens is 3. The summed E-state index contributed by atoms with van der Waals surface area (Å²) >= 11 is 0. The van der Waals surface area contributed by atoms with Gasteiger partial charge in [0, 0.05) is 11.5 Å². The largest absolute Gasteiger partial charge is 0.444 e. The van der Waals surface area contributed by atoms with E-state index in [9.17, 15) is 27.0 Å². The molecule has 1 aromatic carbocycles. The summed E-state index contributed by atoms with van der Waals surface area (Å²) in [6.45, 7) is 5.02. The van der Waals surface area contributed by atoms with Crippen molar-refractivity contribution in [1.82, 2.24) is 5.32 Å². The number of nitrogens with one attached hydrogen (secondary N) is 1. The van der Waals surface area contributed by atoms with E-state index in [2.05, 4.69) is 9.68 Å². The van der Waals surface area contributed by atoms with E-state index < -0.39 is 45.1 Å². The highest BCUT2D eigenvalue weighted by Crippen LogP contribution is 2.32. The van der Waals surface area contributed by atoms with Crippen LogP contribution >= 0.6 is 0 Å². The summed E-state index contributed by atoms with van der Waals surface area (Å²) in [4.78, 5) is 23.9. The van der Waals surface area contributed by atoms with Crippen LogP contribution < -0.4 is 5.32 Å². The summed E-state index contributed by atoms with van der Waals surface area (Å²) in [5, 5.41) is 2.39. The van der Waals surface area contributed by atoms with Gasteiger partial charge in [-0.15, -0.1) is 0 Å². The third-order valence-electron chi connectivity index (χ3n) is 3.98. The molecule has 0 bridgehead atoms. The molecule has 2 unspecified atom stereocenters. The number of alkyl halides is 3. The second kappa shape index (κ2) is 8.10. The molecule has 2 rings (SSSR count). The number of amides is 2. The fourth-order valence-corrected chi connectivity index (χ4v) is 4.70. The third-order valence-corrected chi connectivity index (χ3v) is 6.21. The van der Waals surface area contributed by atoms with Crippen LogP contribution in [0.5, 0.6) is 0 Å². The van der Waals surface area contributed by atoms with Crippen molar-refractivity contribution in [2.45, 2.75) is 51.4 Å². The maximum absolute atomic E-state index is 13.1. The highest BCUT2D eigenvalue weighted by molar-refractivity contribution is 7.93. The van der Waals surface area contributed by atoms with Gasteiger partial charge >= 0.3 is 12.3 Å². The van der Waals surface area contributed by atoms with Gasteiger partial charge in [-0.2, -0.15) is 17.5 Å². The second-order valence-electron chi connectivity index (χ2n) is 7.50. The Hall–Kier alpha value is -2.10. The highest BCUT2D eigenvalue weighted by Gasteiger charge is 2.34. The molecule has 28 heavy (non-hydrogen) atoms. The van der Waals surface area contributed by atoms with E-state index in [-0.39, 0.29) is 29.9 Å². The molecule has 0 saturated heterocycles. The Bertz CT molecular complexity index is 868. The van der Waals surface area contributed by atoms with Gasteiger partial charge in [0.1, 0.15) is 11.6 Å². The van der Waals surface area contributed by atoms with E-state index in [1.807, 2.05) is 0 Å². The molecule has 10 heteroatoms. The fourth-order valence-electron chi connectivity index (χ4n) is 2.71. The average Bonchev–Trinajstić information content (AvgIpc) is 2.54. The first-order valence-electron chi connectivity index (χ1n) is 8.70. The van der Waals surface area contributed by atoms with Gasteiger partial charge in [-0.1, -0.05) is 18.2 Å². The minimum atomic E-state index is -4.51. The fraction of sp³-hybridized carbons (Fsp3) is 0.556. The first kappa shape index (κ1) is 22.2. The Kier molecular flexibility index (Phi) is 6.42. The number of rotatable bonds is 4. The van der Waals surface area contributed by atoms with Crippen LogP contribution in [0, 0.1) is 0 Å². The SMILES string of the molecule is CC(C)(C)OC(=O)NC1CCS(=O)(CCc2ccccc2C(F)(F)F)=NC1=O. The van der Waals surface area contributed by atoms with E-state index in [1.54, 1.807) is 20.8 Å². The Morgan fingerprint density at radius 3 is 2.50 bits per heavy atom. The molecule has 0 spiro atoms. The van der Waals surface area contributed by atoms with Crippen LogP contribution in [0.1, 0.15) is 38.3 Å². The molecule has 1 aromatic rings. The quantitative estimate of drug-likeness (QED) is 0.808. The molecule has 2 amide bonds. The second-order valence-corrected chi connectivity index (χ2v) is 10.0. The summed E-state index contributed by atoms with van der Waals surface area (Å²) in [5.74, 6) is -0.913. The summed E-state index contributed by atoms with van der Waals surface area (Å²) < 4.78 is 60.7. The number of alkyl carbamates (subject to hydrolysis) is 1. The van der Waals surface area contributed by atoms with Crippen LogP contribution in [0.4, 0.5) is 18.0 Å². The van der Waals surface area contributed by atoms with Crippen LogP contribution in [0.2, 0.25) is 0 Å². The van der Waals surface area contributed by atoms with Crippen molar-refractivity contribution in [2.24, 2.45) is 4.36 Å². The lowest BCUT2D eigenvalue weighted by Gasteiger charge is -2.25. The number of benzene rings is 1. The third kappa shape index (κ3) is 6.22. The first-order chi connectivity index (χ1) is 12.8. The summed E-state index contributed by atoms with van der Waals surface area (Å²) in [6.07, 6.45) is -5.32. The molecule has 0 radical (unpaired) electrons. The van der Waals surface area contributed by atoms with Crippen LogP contribution in [-0.4, -0.2) is 39.4 Å². The van der Waals surface area contributed by atoms with E-state index in [1.165, 1.54) is 18.2 Å². The van der Waals surface area contributed by atoms with E-state index in [0.29, 0.717) is 0 Å². The van der Waals surface area contributed by atoms with E-state index >= 15 is 0 Å². The van der Waals surface area contributed by atoms with Gasteiger partial charge in [0.15, 0.2) is 0 Å². The number of carbonyl (C=O) groups excluding carboxylic acids is 2. The molecule has 6 nitrogen and oxygen atoms in total. The van der Waals surface area contributed by atoms with Crippen molar-refractivity contribution in [2.75, 3.05) is 11.5 Å². The van der Waals surface area contributed by atoms with Crippen molar-refractivity contribution in [3.63, 3.8) is 0 Å². The zero-order valence-corrected chi connectivity index (χ0v) is 16.7. The van der Waals surface area contributed by atoms with Gasteiger partial charge in [-0.25, -0.2) is 9.00 Å². The lowest BCUT2D eigenvalue weighted by Crippen LogP contribution is -2.46. The van der Waals surface area contributed by atoms with Crippen LogP contribution in [0.15, 0.2) is 28.6 Å². The Morgan fingerprint density at radius 2 is 1.93 bits per heavy atom. The Labute approximate surface area is 162 Å². The topological polar surface area (TPSA) is 84.8 Å². The number of nitrogens with zero attached hydrogens (tertiary/aromatic N) is 1. The molecule has 0 aromatic heterocycles. The Balaban J connectivity index is 2.06. The number of ether oxygens (including phenoxy) is 1. The minimum absolute atomic E-state index is 0.00733. The highest BCUT2D eigenvalue weighted by atomic mass is 32.2. The van der Waals surface area contributed by atoms with Gasteiger partial charge in [0.25, 0.3) is 5.91 Å². The van der Waals surface area contributed by atoms with Crippen LogP contribution in [0.3, 0.4) is 0 Å². The smallest absolute Gasteiger partial charge is 0.416 e. The van der Waals surface area contributed by atoms with Gasteiger partial charge in [0.05, 0.1) is 15.3 Å². The predicted molar refractivity (Wildman–Crippen MR) is 98.2 cm³/mol. The average molecular weight is 420 g/mol.